The number of hydrogen-bond donors (Lipinski definition) is 0. The quantitative estimate of drug-likeness (QED) is 0.691. The van der Waals surface area contributed by atoms with Crippen molar-refractivity contribution in [2.75, 3.05) is 7.11 Å². The van der Waals surface area contributed by atoms with Crippen molar-refractivity contribution in [1.29, 1.82) is 0 Å². The third-order valence-electron chi connectivity index (χ3n) is 3.02. The predicted molar refractivity (Wildman–Crippen MR) is 82.9 cm³/mol. The van der Waals surface area contributed by atoms with Gasteiger partial charge in [-0.05, 0) is 42.5 Å². The van der Waals surface area contributed by atoms with Crippen LogP contribution in [0, 0.1) is 0 Å². The molecule has 0 amide bonds. The molecule has 100 valence electrons. The summed E-state index contributed by atoms with van der Waals surface area (Å²) in [6.45, 7) is 0. The highest BCUT2D eigenvalue weighted by atomic mass is 32.2. The Morgan fingerprint density at radius 3 is 2.30 bits per heavy atom. The fourth-order valence-corrected chi connectivity index (χ4v) is 2.84. The molecule has 0 saturated heterocycles. The van der Waals surface area contributed by atoms with Crippen LogP contribution in [0.5, 0.6) is 5.75 Å². The molecule has 0 spiro atoms. The maximum atomic E-state index is 5.18. The number of ether oxygens (including phenoxy) is 1. The van der Waals surface area contributed by atoms with Crippen LogP contribution in [0.2, 0.25) is 0 Å². The molecule has 0 fully saturated rings. The summed E-state index contributed by atoms with van der Waals surface area (Å²) in [6.07, 6.45) is 4.21. The Hall–Kier alpha value is -2.13. The minimum Gasteiger partial charge on any atom is -0.497 e. The molecular weight excluding hydrogens is 266 g/mol. The molecule has 2 aromatic carbocycles. The SMILES string of the molecule is COc1ccc(-n2ccc(Sc3ccccc3)c2)cc1. The first-order valence-electron chi connectivity index (χ1n) is 6.40. The largest absolute Gasteiger partial charge is 0.497 e. The first-order chi connectivity index (χ1) is 9.85. The number of rotatable bonds is 4. The van der Waals surface area contributed by atoms with Crippen LogP contribution in [-0.4, -0.2) is 11.7 Å². The van der Waals surface area contributed by atoms with E-state index in [4.69, 9.17) is 4.74 Å². The van der Waals surface area contributed by atoms with Gasteiger partial charge in [-0.2, -0.15) is 0 Å². The van der Waals surface area contributed by atoms with E-state index >= 15 is 0 Å². The van der Waals surface area contributed by atoms with Crippen molar-refractivity contribution in [3.63, 3.8) is 0 Å². The highest BCUT2D eigenvalue weighted by molar-refractivity contribution is 7.99. The van der Waals surface area contributed by atoms with Crippen LogP contribution >= 0.6 is 11.8 Å². The van der Waals surface area contributed by atoms with Gasteiger partial charge < -0.3 is 9.30 Å². The molecule has 2 nitrogen and oxygen atoms in total. The lowest BCUT2D eigenvalue weighted by Crippen LogP contribution is -1.89. The zero-order valence-corrected chi connectivity index (χ0v) is 12.0. The fraction of sp³-hybridized carbons (Fsp3) is 0.0588. The Labute approximate surface area is 123 Å². The smallest absolute Gasteiger partial charge is 0.119 e. The van der Waals surface area contributed by atoms with Crippen molar-refractivity contribution in [1.82, 2.24) is 4.57 Å². The van der Waals surface area contributed by atoms with Gasteiger partial charge in [-0.25, -0.2) is 0 Å². The molecule has 0 atom stereocenters. The molecule has 0 aliphatic rings. The van der Waals surface area contributed by atoms with Crippen LogP contribution in [0.25, 0.3) is 5.69 Å². The third-order valence-corrected chi connectivity index (χ3v) is 4.00. The summed E-state index contributed by atoms with van der Waals surface area (Å²) in [5.74, 6) is 0.875. The molecule has 0 bridgehead atoms. The van der Waals surface area contributed by atoms with E-state index in [1.54, 1.807) is 18.9 Å². The van der Waals surface area contributed by atoms with Gasteiger partial charge in [0.2, 0.25) is 0 Å². The summed E-state index contributed by atoms with van der Waals surface area (Å²) in [4.78, 5) is 2.48. The standard InChI is InChI=1S/C17H15NOS/c1-19-15-9-7-14(8-10-15)18-12-11-17(13-18)20-16-5-3-2-4-6-16/h2-13H,1H3. The summed E-state index contributed by atoms with van der Waals surface area (Å²) in [7, 11) is 1.68. The van der Waals surface area contributed by atoms with E-state index in [1.807, 2.05) is 18.2 Å². The normalized spacial score (nSPS) is 10.4. The highest BCUT2D eigenvalue weighted by Gasteiger charge is 2.01. The maximum absolute atomic E-state index is 5.18. The number of methoxy groups -OCH3 is 1. The monoisotopic (exact) mass is 281 g/mol. The molecule has 0 unspecified atom stereocenters. The van der Waals surface area contributed by atoms with Crippen molar-refractivity contribution in [2.45, 2.75) is 9.79 Å². The lowest BCUT2D eigenvalue weighted by atomic mass is 10.3. The molecular formula is C17H15NOS. The van der Waals surface area contributed by atoms with E-state index in [1.165, 1.54) is 9.79 Å². The fourth-order valence-electron chi connectivity index (χ4n) is 1.98. The molecule has 3 rings (SSSR count). The molecule has 0 saturated carbocycles. The average molecular weight is 281 g/mol. The lowest BCUT2D eigenvalue weighted by molar-refractivity contribution is 0.415. The third kappa shape index (κ3) is 2.89. The van der Waals surface area contributed by atoms with Gasteiger partial charge in [0.05, 0.1) is 7.11 Å². The van der Waals surface area contributed by atoms with Gasteiger partial charge in [-0.15, -0.1) is 0 Å². The molecule has 0 N–H and O–H groups in total. The Balaban J connectivity index is 1.79. The topological polar surface area (TPSA) is 14.2 Å². The summed E-state index contributed by atoms with van der Waals surface area (Å²) >= 11 is 1.77. The highest BCUT2D eigenvalue weighted by Crippen LogP contribution is 2.28. The zero-order valence-electron chi connectivity index (χ0n) is 11.2. The van der Waals surface area contributed by atoms with Crippen LogP contribution in [0.15, 0.2) is 82.8 Å². The number of hydrogen-bond acceptors (Lipinski definition) is 2. The van der Waals surface area contributed by atoms with Gasteiger partial charge in [-0.3, -0.25) is 0 Å². The van der Waals surface area contributed by atoms with E-state index in [0.717, 1.165) is 11.4 Å². The van der Waals surface area contributed by atoms with Crippen LogP contribution < -0.4 is 4.74 Å². The van der Waals surface area contributed by atoms with E-state index in [0.29, 0.717) is 0 Å². The molecule has 1 aromatic heterocycles. The Morgan fingerprint density at radius 2 is 1.60 bits per heavy atom. The van der Waals surface area contributed by atoms with Crippen molar-refractivity contribution in [3.05, 3.63) is 73.1 Å². The molecule has 0 aliphatic carbocycles. The van der Waals surface area contributed by atoms with E-state index in [-0.39, 0.29) is 0 Å². The Kier molecular flexibility index (Phi) is 3.79. The van der Waals surface area contributed by atoms with Crippen molar-refractivity contribution >= 4 is 11.8 Å². The number of nitrogens with zero attached hydrogens (tertiary/aromatic N) is 1. The van der Waals surface area contributed by atoms with Gasteiger partial charge >= 0.3 is 0 Å². The number of aromatic nitrogens is 1. The molecule has 3 heteroatoms. The van der Waals surface area contributed by atoms with Crippen LogP contribution in [-0.2, 0) is 0 Å². The number of benzene rings is 2. The first-order valence-corrected chi connectivity index (χ1v) is 7.22. The van der Waals surface area contributed by atoms with Crippen LogP contribution in [0.4, 0.5) is 0 Å². The summed E-state index contributed by atoms with van der Waals surface area (Å²) in [5, 5.41) is 0. The predicted octanol–water partition coefficient (Wildman–Crippen LogP) is 4.64. The van der Waals surface area contributed by atoms with Gasteiger partial charge in [0.15, 0.2) is 0 Å². The van der Waals surface area contributed by atoms with E-state index in [9.17, 15) is 0 Å². The first kappa shape index (κ1) is 12.9. The summed E-state index contributed by atoms with van der Waals surface area (Å²) in [5.41, 5.74) is 1.13. The summed E-state index contributed by atoms with van der Waals surface area (Å²) in [6, 6.07) is 20.6. The van der Waals surface area contributed by atoms with Gasteiger partial charge in [0.1, 0.15) is 5.75 Å². The van der Waals surface area contributed by atoms with Gasteiger partial charge in [0.25, 0.3) is 0 Å². The summed E-state index contributed by atoms with van der Waals surface area (Å²) < 4.78 is 7.29. The molecule has 1 heterocycles. The van der Waals surface area contributed by atoms with Crippen molar-refractivity contribution < 1.29 is 4.74 Å². The van der Waals surface area contributed by atoms with Gasteiger partial charge in [-0.1, -0.05) is 30.0 Å². The van der Waals surface area contributed by atoms with Crippen LogP contribution in [0.3, 0.4) is 0 Å². The zero-order chi connectivity index (χ0) is 13.8. The van der Waals surface area contributed by atoms with E-state index in [2.05, 4.69) is 59.4 Å². The average Bonchev–Trinajstić information content (AvgIpc) is 2.97. The van der Waals surface area contributed by atoms with Gasteiger partial charge in [0, 0.05) is 27.9 Å². The van der Waals surface area contributed by atoms with E-state index < -0.39 is 0 Å². The second-order valence-electron chi connectivity index (χ2n) is 4.37. The maximum Gasteiger partial charge on any atom is 0.119 e. The Bertz CT molecular complexity index is 674. The van der Waals surface area contributed by atoms with Crippen molar-refractivity contribution in [2.24, 2.45) is 0 Å². The Morgan fingerprint density at radius 1 is 0.850 bits per heavy atom. The molecule has 0 radical (unpaired) electrons. The molecule has 0 aliphatic heterocycles. The molecule has 3 aromatic rings. The minimum absolute atomic E-state index is 0.875. The second-order valence-corrected chi connectivity index (χ2v) is 5.51. The lowest BCUT2D eigenvalue weighted by Gasteiger charge is -2.04. The molecule has 20 heavy (non-hydrogen) atoms. The second kappa shape index (κ2) is 5.88. The van der Waals surface area contributed by atoms with Crippen molar-refractivity contribution in [3.8, 4) is 11.4 Å². The van der Waals surface area contributed by atoms with Crippen LogP contribution in [0.1, 0.15) is 0 Å². The minimum atomic E-state index is 0.875.